The van der Waals surface area contributed by atoms with Gasteiger partial charge in [-0.2, -0.15) is 0 Å². The Bertz CT molecular complexity index is 351. The summed E-state index contributed by atoms with van der Waals surface area (Å²) < 4.78 is 0. The minimum Gasteiger partial charge on any atom is -0.481 e. The highest BCUT2D eigenvalue weighted by Crippen LogP contribution is 2.51. The van der Waals surface area contributed by atoms with Crippen LogP contribution < -0.4 is 5.32 Å². The first kappa shape index (κ1) is 13.4. The van der Waals surface area contributed by atoms with Gasteiger partial charge < -0.3 is 10.4 Å². The summed E-state index contributed by atoms with van der Waals surface area (Å²) in [7, 11) is 0. The number of carbonyl (C=O) groups excluding carboxylic acids is 1. The second-order valence-corrected chi connectivity index (χ2v) is 6.47. The predicted octanol–water partition coefficient (Wildman–Crippen LogP) is 2.04. The Hall–Kier alpha value is -1.06. The number of carboxylic acid groups (broad SMARTS) is 1. The monoisotopic (exact) mass is 253 g/mol. The molecule has 3 atom stereocenters. The highest BCUT2D eigenvalue weighted by atomic mass is 16.4. The molecule has 18 heavy (non-hydrogen) atoms. The van der Waals surface area contributed by atoms with Crippen LogP contribution in [0.5, 0.6) is 0 Å². The molecule has 1 unspecified atom stereocenters. The molecule has 2 rings (SSSR count). The summed E-state index contributed by atoms with van der Waals surface area (Å²) in [4.78, 5) is 23.2. The molecule has 0 saturated heterocycles. The van der Waals surface area contributed by atoms with E-state index in [0.29, 0.717) is 24.3 Å². The topological polar surface area (TPSA) is 66.4 Å². The van der Waals surface area contributed by atoms with Crippen LogP contribution >= 0.6 is 0 Å². The first-order valence-electron chi connectivity index (χ1n) is 6.92. The number of hydrogen-bond acceptors (Lipinski definition) is 2. The molecule has 0 aromatic rings. The number of carbonyl (C=O) groups is 2. The second-order valence-electron chi connectivity index (χ2n) is 6.47. The van der Waals surface area contributed by atoms with E-state index in [4.69, 9.17) is 5.11 Å². The maximum Gasteiger partial charge on any atom is 0.307 e. The lowest BCUT2D eigenvalue weighted by Gasteiger charge is -2.27. The van der Waals surface area contributed by atoms with Crippen molar-refractivity contribution in [3.8, 4) is 0 Å². The zero-order chi connectivity index (χ0) is 13.3. The Morgan fingerprint density at radius 2 is 1.78 bits per heavy atom. The van der Waals surface area contributed by atoms with Gasteiger partial charge in [0.1, 0.15) is 0 Å². The van der Waals surface area contributed by atoms with Gasteiger partial charge in [0, 0.05) is 6.54 Å². The van der Waals surface area contributed by atoms with Crippen molar-refractivity contribution in [2.45, 2.75) is 46.0 Å². The number of carboxylic acids is 1. The minimum atomic E-state index is -0.818. The van der Waals surface area contributed by atoms with Gasteiger partial charge in [-0.05, 0) is 30.6 Å². The second kappa shape index (κ2) is 4.90. The van der Waals surface area contributed by atoms with Crippen molar-refractivity contribution in [3.63, 3.8) is 0 Å². The lowest BCUT2D eigenvalue weighted by molar-refractivity contribution is -0.148. The molecule has 2 aliphatic carbocycles. The number of rotatable bonds is 4. The molecule has 4 nitrogen and oxygen atoms in total. The molecule has 0 spiro atoms. The van der Waals surface area contributed by atoms with Crippen LogP contribution in [0.3, 0.4) is 0 Å². The van der Waals surface area contributed by atoms with Gasteiger partial charge in [-0.3, -0.25) is 9.59 Å². The molecule has 2 N–H and O–H groups in total. The summed E-state index contributed by atoms with van der Waals surface area (Å²) in [5.74, 6) is -1.11. The van der Waals surface area contributed by atoms with Gasteiger partial charge in [0.2, 0.25) is 5.91 Å². The fraction of sp³-hybridized carbons (Fsp3) is 0.857. The first-order valence-corrected chi connectivity index (χ1v) is 6.92. The molecule has 0 heterocycles. The zero-order valence-corrected chi connectivity index (χ0v) is 11.2. The molecule has 0 bridgehead atoms. The van der Waals surface area contributed by atoms with E-state index in [1.165, 1.54) is 0 Å². The van der Waals surface area contributed by atoms with E-state index >= 15 is 0 Å². The van der Waals surface area contributed by atoms with Crippen molar-refractivity contribution in [2.24, 2.45) is 23.2 Å². The van der Waals surface area contributed by atoms with Crippen molar-refractivity contribution >= 4 is 11.9 Å². The van der Waals surface area contributed by atoms with Crippen molar-refractivity contribution in [3.05, 3.63) is 0 Å². The van der Waals surface area contributed by atoms with E-state index in [-0.39, 0.29) is 11.8 Å². The molecule has 2 saturated carbocycles. The van der Waals surface area contributed by atoms with Crippen molar-refractivity contribution in [1.82, 2.24) is 5.32 Å². The SMILES string of the molecule is CC1(C)CC1CNC(=O)[C@@H]1CCCC[C@@H]1C(=O)O. The van der Waals surface area contributed by atoms with Crippen LogP contribution in [0.4, 0.5) is 0 Å². The Balaban J connectivity index is 1.85. The predicted molar refractivity (Wildman–Crippen MR) is 68.0 cm³/mol. The molecule has 102 valence electrons. The molecule has 1 amide bonds. The van der Waals surface area contributed by atoms with Crippen LogP contribution in [0.15, 0.2) is 0 Å². The van der Waals surface area contributed by atoms with Crippen molar-refractivity contribution in [2.75, 3.05) is 6.54 Å². The summed E-state index contributed by atoms with van der Waals surface area (Å²) in [6.45, 7) is 5.10. The Morgan fingerprint density at radius 1 is 1.22 bits per heavy atom. The lowest BCUT2D eigenvalue weighted by atomic mass is 9.78. The largest absolute Gasteiger partial charge is 0.481 e. The normalized spacial score (nSPS) is 33.8. The molecule has 2 aliphatic rings. The van der Waals surface area contributed by atoms with Gasteiger partial charge in [-0.25, -0.2) is 0 Å². The maximum absolute atomic E-state index is 12.1. The van der Waals surface area contributed by atoms with Crippen LogP contribution in [0.2, 0.25) is 0 Å². The summed E-state index contributed by atoms with van der Waals surface area (Å²) in [5, 5.41) is 12.1. The van der Waals surface area contributed by atoms with Crippen LogP contribution in [0, 0.1) is 23.2 Å². The molecule has 0 radical (unpaired) electrons. The third-order valence-electron chi connectivity index (χ3n) is 4.66. The Kier molecular flexibility index (Phi) is 3.64. The number of amides is 1. The molecule has 2 fully saturated rings. The van der Waals surface area contributed by atoms with Gasteiger partial charge >= 0.3 is 5.97 Å². The van der Waals surface area contributed by atoms with Gasteiger partial charge in [-0.15, -0.1) is 0 Å². The fourth-order valence-corrected chi connectivity index (χ4v) is 3.02. The van der Waals surface area contributed by atoms with Gasteiger partial charge in [-0.1, -0.05) is 26.7 Å². The van der Waals surface area contributed by atoms with E-state index in [0.717, 1.165) is 25.7 Å². The van der Waals surface area contributed by atoms with E-state index < -0.39 is 11.9 Å². The third-order valence-corrected chi connectivity index (χ3v) is 4.66. The number of nitrogens with one attached hydrogen (secondary N) is 1. The Labute approximate surface area is 108 Å². The average Bonchev–Trinajstić information content (AvgIpc) is 2.94. The molecule has 0 aromatic heterocycles. The summed E-state index contributed by atoms with van der Waals surface area (Å²) in [5.41, 5.74) is 0.353. The summed E-state index contributed by atoms with van der Waals surface area (Å²) >= 11 is 0. The van der Waals surface area contributed by atoms with Crippen LogP contribution in [0.1, 0.15) is 46.0 Å². The quantitative estimate of drug-likeness (QED) is 0.805. The molecule has 4 heteroatoms. The smallest absolute Gasteiger partial charge is 0.307 e. The Morgan fingerprint density at radius 3 is 2.28 bits per heavy atom. The van der Waals surface area contributed by atoms with Crippen LogP contribution in [-0.4, -0.2) is 23.5 Å². The van der Waals surface area contributed by atoms with Crippen LogP contribution in [-0.2, 0) is 9.59 Å². The first-order chi connectivity index (χ1) is 8.42. The minimum absolute atomic E-state index is 0.0511. The number of hydrogen-bond donors (Lipinski definition) is 2. The summed E-state index contributed by atoms with van der Waals surface area (Å²) in [6.07, 6.45) is 4.41. The maximum atomic E-state index is 12.1. The zero-order valence-electron chi connectivity index (χ0n) is 11.2. The van der Waals surface area contributed by atoms with E-state index in [1.807, 2.05) is 0 Å². The molecular weight excluding hydrogens is 230 g/mol. The fourth-order valence-electron chi connectivity index (χ4n) is 3.02. The van der Waals surface area contributed by atoms with E-state index in [2.05, 4.69) is 19.2 Å². The molecule has 0 aromatic carbocycles. The number of aliphatic carboxylic acids is 1. The highest BCUT2D eigenvalue weighted by molar-refractivity contribution is 5.84. The van der Waals surface area contributed by atoms with Gasteiger partial charge in [0.25, 0.3) is 0 Å². The molecule has 0 aliphatic heterocycles. The van der Waals surface area contributed by atoms with Crippen molar-refractivity contribution in [1.29, 1.82) is 0 Å². The highest BCUT2D eigenvalue weighted by Gasteiger charge is 2.45. The standard InChI is InChI=1S/C14H23NO3/c1-14(2)7-9(14)8-15-12(16)10-5-3-4-6-11(10)13(17)18/h9-11H,3-8H2,1-2H3,(H,15,16)(H,17,18)/t9?,10-,11+/m1/s1. The van der Waals surface area contributed by atoms with Gasteiger partial charge in [0.15, 0.2) is 0 Å². The van der Waals surface area contributed by atoms with E-state index in [9.17, 15) is 9.59 Å². The average molecular weight is 253 g/mol. The third kappa shape index (κ3) is 2.85. The van der Waals surface area contributed by atoms with Crippen LogP contribution in [0.25, 0.3) is 0 Å². The van der Waals surface area contributed by atoms with Gasteiger partial charge in [0.05, 0.1) is 11.8 Å². The van der Waals surface area contributed by atoms with Crippen molar-refractivity contribution < 1.29 is 14.7 Å². The van der Waals surface area contributed by atoms with E-state index in [1.54, 1.807) is 0 Å². The lowest BCUT2D eigenvalue weighted by Crippen LogP contribution is -2.40. The summed E-state index contributed by atoms with van der Waals surface area (Å²) in [6, 6.07) is 0. The molecular formula is C14H23NO3.